The zero-order chi connectivity index (χ0) is 23.7. The third-order valence-corrected chi connectivity index (χ3v) is 8.96. The number of thioether (sulfide) groups is 2. The lowest BCUT2D eigenvalue weighted by atomic mass is 9.79. The second kappa shape index (κ2) is 10.3. The van der Waals surface area contributed by atoms with Crippen LogP contribution in [0.25, 0.3) is 0 Å². The molecule has 3 rings (SSSR count). The normalized spacial score (nSPS) is 31.5. The van der Waals surface area contributed by atoms with Gasteiger partial charge in [-0.1, -0.05) is 6.92 Å². The summed E-state index contributed by atoms with van der Waals surface area (Å²) in [5.74, 6) is -2.57. The Bertz CT molecular complexity index is 789. The van der Waals surface area contributed by atoms with E-state index in [0.29, 0.717) is 17.9 Å². The molecule has 3 heterocycles. The van der Waals surface area contributed by atoms with Gasteiger partial charge in [-0.2, -0.15) is 11.8 Å². The molecule has 0 bridgehead atoms. The standard InChI is InChI=1S/C20H31N3O7S2/c1-8-14-13(9(2)26)19(28)23(14)15(20(29)30)16(8)32-11-4-12(21-5-11)17(31-3)18(27)22-10(6-24)7-25/h8-14,17,21,24-26H,4-7H2,1-3H3,(H,22,27)(H,29,30)/t8-,9-,11+,12+,13-,14-,17?/m1/s1. The van der Waals surface area contributed by atoms with Gasteiger partial charge in [-0.3, -0.25) is 9.59 Å². The number of aliphatic hydroxyl groups excluding tert-OH is 3. The Hall–Kier alpha value is -1.31. The Kier molecular flexibility index (Phi) is 8.16. The average Bonchev–Trinajstić information content (AvgIpc) is 3.28. The third-order valence-electron chi connectivity index (χ3n) is 6.39. The molecule has 1 unspecified atom stereocenters. The van der Waals surface area contributed by atoms with Crippen LogP contribution in [0, 0.1) is 11.8 Å². The highest BCUT2D eigenvalue weighted by Crippen LogP contribution is 2.51. The lowest BCUT2D eigenvalue weighted by Crippen LogP contribution is -2.63. The van der Waals surface area contributed by atoms with Crippen molar-refractivity contribution in [3.05, 3.63) is 10.6 Å². The monoisotopic (exact) mass is 489 g/mol. The van der Waals surface area contributed by atoms with Gasteiger partial charge in [0.1, 0.15) is 5.70 Å². The quantitative estimate of drug-likeness (QED) is 0.206. The van der Waals surface area contributed by atoms with Gasteiger partial charge in [0.15, 0.2) is 0 Å². The average molecular weight is 490 g/mol. The first kappa shape index (κ1) is 25.3. The number of amides is 2. The summed E-state index contributed by atoms with van der Waals surface area (Å²) in [4.78, 5) is 39.0. The molecule has 32 heavy (non-hydrogen) atoms. The van der Waals surface area contributed by atoms with Gasteiger partial charge in [0.25, 0.3) is 0 Å². The van der Waals surface area contributed by atoms with Crippen LogP contribution in [-0.2, 0) is 14.4 Å². The molecule has 3 aliphatic heterocycles. The predicted octanol–water partition coefficient (Wildman–Crippen LogP) is -1.20. The largest absolute Gasteiger partial charge is 0.477 e. The number of β-lactam (4-membered cyclic amide) rings is 1. The van der Waals surface area contributed by atoms with Crippen LogP contribution in [0.1, 0.15) is 20.3 Å². The first-order chi connectivity index (χ1) is 15.2. The van der Waals surface area contributed by atoms with Crippen molar-refractivity contribution in [3.63, 3.8) is 0 Å². The molecule has 7 atom stereocenters. The zero-order valence-corrected chi connectivity index (χ0v) is 19.9. The van der Waals surface area contributed by atoms with Gasteiger partial charge in [-0.15, -0.1) is 11.8 Å². The van der Waals surface area contributed by atoms with Gasteiger partial charge in [0, 0.05) is 28.7 Å². The number of hydrogen-bond acceptors (Lipinski definition) is 9. The fourth-order valence-corrected chi connectivity index (χ4v) is 7.11. The summed E-state index contributed by atoms with van der Waals surface area (Å²) in [6.07, 6.45) is 1.59. The minimum absolute atomic E-state index is 0.00532. The number of nitrogens with zero attached hydrogens (tertiary/aromatic N) is 1. The topological polar surface area (TPSA) is 159 Å². The van der Waals surface area contributed by atoms with Crippen molar-refractivity contribution in [2.75, 3.05) is 26.0 Å². The predicted molar refractivity (Wildman–Crippen MR) is 121 cm³/mol. The number of carboxylic acid groups (broad SMARTS) is 1. The van der Waals surface area contributed by atoms with E-state index in [4.69, 9.17) is 0 Å². The van der Waals surface area contributed by atoms with E-state index in [0.717, 1.165) is 0 Å². The van der Waals surface area contributed by atoms with Crippen molar-refractivity contribution in [1.29, 1.82) is 0 Å². The van der Waals surface area contributed by atoms with E-state index in [2.05, 4.69) is 10.6 Å². The number of carboxylic acids is 1. The highest BCUT2D eigenvalue weighted by atomic mass is 32.2. The minimum Gasteiger partial charge on any atom is -0.477 e. The lowest BCUT2D eigenvalue weighted by molar-refractivity contribution is -0.163. The molecule has 2 saturated heterocycles. The molecule has 0 radical (unpaired) electrons. The molecular weight excluding hydrogens is 458 g/mol. The molecule has 2 fully saturated rings. The Labute approximate surface area is 195 Å². The summed E-state index contributed by atoms with van der Waals surface area (Å²) in [5, 5.41) is 43.7. The fraction of sp³-hybridized carbons (Fsp3) is 0.750. The minimum atomic E-state index is -1.15. The summed E-state index contributed by atoms with van der Waals surface area (Å²) < 4.78 is 0. The molecular formula is C20H31N3O7S2. The molecule has 12 heteroatoms. The molecule has 0 saturated carbocycles. The molecule has 6 N–H and O–H groups in total. The van der Waals surface area contributed by atoms with Crippen LogP contribution in [-0.4, -0.2) is 104 Å². The van der Waals surface area contributed by atoms with Crippen LogP contribution in [0.15, 0.2) is 10.6 Å². The Balaban J connectivity index is 1.70. The summed E-state index contributed by atoms with van der Waals surface area (Å²) in [7, 11) is 0. The van der Waals surface area contributed by atoms with Crippen molar-refractivity contribution in [3.8, 4) is 0 Å². The summed E-state index contributed by atoms with van der Waals surface area (Å²) in [5.41, 5.74) is 0.00532. The molecule has 0 aromatic rings. The molecule has 0 aliphatic carbocycles. The van der Waals surface area contributed by atoms with Crippen LogP contribution < -0.4 is 10.6 Å². The van der Waals surface area contributed by atoms with Crippen molar-refractivity contribution >= 4 is 41.3 Å². The SMILES string of the molecule is CSC(C(=O)NC(CO)CO)[C@@H]1C[C@H](SC2=C(C(=O)O)N3C(=O)[C@H]([C@@H](C)O)[C@H]3[C@H]2C)CN1. The van der Waals surface area contributed by atoms with Crippen molar-refractivity contribution in [2.45, 2.75) is 55.0 Å². The smallest absolute Gasteiger partial charge is 0.353 e. The summed E-state index contributed by atoms with van der Waals surface area (Å²) >= 11 is 2.80. The van der Waals surface area contributed by atoms with E-state index in [1.807, 2.05) is 13.2 Å². The van der Waals surface area contributed by atoms with Crippen LogP contribution in [0.3, 0.4) is 0 Å². The first-order valence-electron chi connectivity index (χ1n) is 10.6. The maximum Gasteiger partial charge on any atom is 0.353 e. The second-order valence-electron chi connectivity index (χ2n) is 8.49. The summed E-state index contributed by atoms with van der Waals surface area (Å²) in [6, 6.07) is -1.22. The third kappa shape index (κ3) is 4.53. The van der Waals surface area contributed by atoms with Crippen molar-refractivity contribution < 1.29 is 34.8 Å². The number of fused-ring (bicyclic) bond motifs is 1. The zero-order valence-electron chi connectivity index (χ0n) is 18.2. The van der Waals surface area contributed by atoms with Gasteiger partial charge in [-0.25, -0.2) is 4.79 Å². The molecule has 2 amide bonds. The Morgan fingerprint density at radius 2 is 1.97 bits per heavy atom. The number of nitrogens with one attached hydrogen (secondary N) is 2. The number of hydrogen-bond donors (Lipinski definition) is 6. The number of carbonyl (C=O) groups is 3. The molecule has 0 spiro atoms. The van der Waals surface area contributed by atoms with Crippen molar-refractivity contribution in [1.82, 2.24) is 15.5 Å². The first-order valence-corrected chi connectivity index (χ1v) is 12.8. The molecule has 180 valence electrons. The van der Waals surface area contributed by atoms with Gasteiger partial charge in [-0.05, 0) is 19.6 Å². The van der Waals surface area contributed by atoms with E-state index < -0.39 is 29.3 Å². The maximum absolute atomic E-state index is 12.6. The van der Waals surface area contributed by atoms with Crippen molar-refractivity contribution in [2.24, 2.45) is 11.8 Å². The summed E-state index contributed by atoms with van der Waals surface area (Å²) in [6.45, 7) is 3.31. The van der Waals surface area contributed by atoms with E-state index in [1.165, 1.54) is 28.4 Å². The molecule has 3 aliphatic rings. The van der Waals surface area contributed by atoms with Gasteiger partial charge < -0.3 is 36.0 Å². The molecule has 10 nitrogen and oxygen atoms in total. The van der Waals surface area contributed by atoms with E-state index >= 15 is 0 Å². The van der Waals surface area contributed by atoms with Gasteiger partial charge in [0.2, 0.25) is 11.8 Å². The number of aliphatic carboxylic acids is 1. The lowest BCUT2D eigenvalue weighted by Gasteiger charge is -2.46. The van der Waals surface area contributed by atoms with Crippen LogP contribution in [0.5, 0.6) is 0 Å². The van der Waals surface area contributed by atoms with Gasteiger partial charge in [0.05, 0.1) is 42.6 Å². The van der Waals surface area contributed by atoms with Crippen LogP contribution in [0.4, 0.5) is 0 Å². The number of aliphatic hydroxyl groups is 3. The van der Waals surface area contributed by atoms with Crippen LogP contribution >= 0.6 is 23.5 Å². The number of carbonyl (C=O) groups excluding carboxylic acids is 2. The fourth-order valence-electron chi connectivity index (χ4n) is 4.80. The molecule has 0 aromatic carbocycles. The highest BCUT2D eigenvalue weighted by molar-refractivity contribution is 8.03. The number of rotatable bonds is 10. The second-order valence-corrected chi connectivity index (χ2v) is 10.8. The van der Waals surface area contributed by atoms with E-state index in [1.54, 1.807) is 6.92 Å². The van der Waals surface area contributed by atoms with E-state index in [9.17, 15) is 34.8 Å². The Morgan fingerprint density at radius 1 is 1.31 bits per heavy atom. The van der Waals surface area contributed by atoms with Crippen LogP contribution in [0.2, 0.25) is 0 Å². The Morgan fingerprint density at radius 3 is 2.50 bits per heavy atom. The highest BCUT2D eigenvalue weighted by Gasteiger charge is 2.60. The maximum atomic E-state index is 12.6. The van der Waals surface area contributed by atoms with E-state index in [-0.39, 0.29) is 54.0 Å². The van der Waals surface area contributed by atoms with Gasteiger partial charge >= 0.3 is 5.97 Å². The molecule has 0 aromatic heterocycles.